The number of aromatic carboxylic acids is 1. The van der Waals surface area contributed by atoms with Crippen LogP contribution in [0.25, 0.3) is 11.4 Å². The second kappa shape index (κ2) is 8.09. The number of carboxylic acid groups (broad SMARTS) is 1. The standard InChI is InChI=1S/C18H14F3N3O5/c1-27-14-8-12(6-7-13(14)17(25)26)28-9-15-22-16(24-23-15)10-2-4-11(5-3-10)29-18(19,20)21/h2-8H,9H2,1H3,(H,25,26)(H,22,23,24). The summed E-state index contributed by atoms with van der Waals surface area (Å²) in [6.07, 6.45) is -4.76. The number of ether oxygens (including phenoxy) is 3. The van der Waals surface area contributed by atoms with E-state index in [0.717, 1.165) is 12.1 Å². The van der Waals surface area contributed by atoms with Crippen molar-refractivity contribution in [2.75, 3.05) is 7.11 Å². The van der Waals surface area contributed by atoms with Gasteiger partial charge < -0.3 is 19.3 Å². The zero-order valence-corrected chi connectivity index (χ0v) is 14.9. The van der Waals surface area contributed by atoms with Gasteiger partial charge in [-0.3, -0.25) is 5.10 Å². The molecule has 0 radical (unpaired) electrons. The van der Waals surface area contributed by atoms with E-state index in [-0.39, 0.29) is 29.5 Å². The van der Waals surface area contributed by atoms with Crippen molar-refractivity contribution in [1.82, 2.24) is 15.2 Å². The van der Waals surface area contributed by atoms with Gasteiger partial charge in [0, 0.05) is 11.6 Å². The molecule has 11 heteroatoms. The first-order chi connectivity index (χ1) is 13.7. The molecule has 0 amide bonds. The van der Waals surface area contributed by atoms with Crippen molar-refractivity contribution < 1.29 is 37.3 Å². The molecule has 0 bridgehead atoms. The van der Waals surface area contributed by atoms with E-state index in [2.05, 4.69) is 19.9 Å². The van der Waals surface area contributed by atoms with Gasteiger partial charge in [0.2, 0.25) is 0 Å². The number of alkyl halides is 3. The Morgan fingerprint density at radius 1 is 1.14 bits per heavy atom. The first kappa shape index (κ1) is 20.0. The fourth-order valence-electron chi connectivity index (χ4n) is 2.39. The molecule has 0 aliphatic rings. The molecular weight excluding hydrogens is 395 g/mol. The predicted octanol–water partition coefficient (Wildman–Crippen LogP) is 3.66. The van der Waals surface area contributed by atoms with Crippen LogP contribution in [-0.4, -0.2) is 39.7 Å². The lowest BCUT2D eigenvalue weighted by Gasteiger charge is -2.08. The summed E-state index contributed by atoms with van der Waals surface area (Å²) in [6, 6.07) is 9.39. The number of hydrogen-bond donors (Lipinski definition) is 2. The van der Waals surface area contributed by atoms with E-state index in [1.807, 2.05) is 0 Å². The molecule has 2 N–H and O–H groups in total. The van der Waals surface area contributed by atoms with Crippen molar-refractivity contribution in [3.63, 3.8) is 0 Å². The van der Waals surface area contributed by atoms with Gasteiger partial charge in [-0.15, -0.1) is 13.2 Å². The summed E-state index contributed by atoms with van der Waals surface area (Å²) in [5, 5.41) is 15.7. The van der Waals surface area contributed by atoms with E-state index in [9.17, 15) is 18.0 Å². The first-order valence-electron chi connectivity index (χ1n) is 8.07. The van der Waals surface area contributed by atoms with Gasteiger partial charge in [-0.25, -0.2) is 9.78 Å². The second-order valence-electron chi connectivity index (χ2n) is 5.63. The van der Waals surface area contributed by atoms with E-state index < -0.39 is 12.3 Å². The molecule has 152 valence electrons. The molecule has 0 atom stereocenters. The third-order valence-corrected chi connectivity index (χ3v) is 3.66. The molecule has 8 nitrogen and oxygen atoms in total. The van der Waals surface area contributed by atoms with Crippen LogP contribution < -0.4 is 14.2 Å². The predicted molar refractivity (Wildman–Crippen MR) is 92.8 cm³/mol. The number of aromatic nitrogens is 3. The lowest BCUT2D eigenvalue weighted by Crippen LogP contribution is -2.16. The van der Waals surface area contributed by atoms with Gasteiger partial charge in [0.15, 0.2) is 11.6 Å². The molecule has 0 aliphatic heterocycles. The van der Waals surface area contributed by atoms with Crippen LogP contribution in [0.5, 0.6) is 17.2 Å². The van der Waals surface area contributed by atoms with Gasteiger partial charge in [0.25, 0.3) is 0 Å². The normalized spacial score (nSPS) is 11.2. The van der Waals surface area contributed by atoms with E-state index >= 15 is 0 Å². The van der Waals surface area contributed by atoms with Gasteiger partial charge >= 0.3 is 12.3 Å². The molecule has 0 fully saturated rings. The summed E-state index contributed by atoms with van der Waals surface area (Å²) in [5.41, 5.74) is 0.503. The molecule has 3 aromatic rings. The Hall–Kier alpha value is -3.76. The number of nitrogens with one attached hydrogen (secondary N) is 1. The zero-order valence-electron chi connectivity index (χ0n) is 14.9. The van der Waals surface area contributed by atoms with E-state index in [0.29, 0.717) is 17.1 Å². The number of H-pyrrole nitrogens is 1. The van der Waals surface area contributed by atoms with Gasteiger partial charge in [0.1, 0.15) is 29.4 Å². The van der Waals surface area contributed by atoms with E-state index in [1.54, 1.807) is 0 Å². The van der Waals surface area contributed by atoms with Crippen molar-refractivity contribution in [3.8, 4) is 28.6 Å². The average Bonchev–Trinajstić information content (AvgIpc) is 3.14. The van der Waals surface area contributed by atoms with Gasteiger partial charge in [-0.2, -0.15) is 5.10 Å². The number of rotatable bonds is 7. The Labute approximate surface area is 161 Å². The average molecular weight is 409 g/mol. The van der Waals surface area contributed by atoms with Gasteiger partial charge in [0.05, 0.1) is 7.11 Å². The van der Waals surface area contributed by atoms with Crippen LogP contribution in [0, 0.1) is 0 Å². The van der Waals surface area contributed by atoms with Crippen molar-refractivity contribution in [3.05, 3.63) is 53.9 Å². The van der Waals surface area contributed by atoms with Crippen LogP contribution in [0.3, 0.4) is 0 Å². The molecule has 0 unspecified atom stereocenters. The van der Waals surface area contributed by atoms with Crippen molar-refractivity contribution in [2.45, 2.75) is 13.0 Å². The minimum absolute atomic E-state index is 0.00187. The highest BCUT2D eigenvalue weighted by molar-refractivity contribution is 5.91. The maximum Gasteiger partial charge on any atom is 0.573 e. The number of carbonyl (C=O) groups is 1. The fraction of sp³-hybridized carbons (Fsp3) is 0.167. The smallest absolute Gasteiger partial charge is 0.496 e. The number of methoxy groups -OCH3 is 1. The van der Waals surface area contributed by atoms with Crippen molar-refractivity contribution in [1.29, 1.82) is 0 Å². The highest BCUT2D eigenvalue weighted by Gasteiger charge is 2.31. The number of aromatic amines is 1. The van der Waals surface area contributed by atoms with Crippen LogP contribution in [0.1, 0.15) is 16.2 Å². The highest BCUT2D eigenvalue weighted by Crippen LogP contribution is 2.26. The Balaban J connectivity index is 1.66. The molecule has 29 heavy (non-hydrogen) atoms. The fourth-order valence-corrected chi connectivity index (χ4v) is 2.39. The molecule has 1 aromatic heterocycles. The Kier molecular flexibility index (Phi) is 5.57. The second-order valence-corrected chi connectivity index (χ2v) is 5.63. The number of halogens is 3. The number of hydrogen-bond acceptors (Lipinski definition) is 6. The molecular formula is C18H14F3N3O5. The van der Waals surface area contributed by atoms with E-state index in [1.165, 1.54) is 37.4 Å². The number of carboxylic acids is 1. The SMILES string of the molecule is COc1cc(OCc2n[nH]c(-c3ccc(OC(F)(F)F)cc3)n2)ccc1C(=O)O. The quantitative estimate of drug-likeness (QED) is 0.613. The minimum Gasteiger partial charge on any atom is -0.496 e. The van der Waals surface area contributed by atoms with Gasteiger partial charge in [-0.1, -0.05) is 0 Å². The molecule has 2 aromatic carbocycles. The third-order valence-electron chi connectivity index (χ3n) is 3.66. The summed E-state index contributed by atoms with van der Waals surface area (Å²) < 4.78 is 51.0. The molecule has 3 rings (SSSR count). The maximum atomic E-state index is 12.2. The summed E-state index contributed by atoms with van der Waals surface area (Å²) in [6.45, 7) is -0.0264. The first-order valence-corrected chi connectivity index (χ1v) is 8.07. The van der Waals surface area contributed by atoms with Crippen LogP contribution in [0.15, 0.2) is 42.5 Å². The largest absolute Gasteiger partial charge is 0.573 e. The van der Waals surface area contributed by atoms with Crippen molar-refractivity contribution in [2.24, 2.45) is 0 Å². The van der Waals surface area contributed by atoms with Crippen LogP contribution in [0.4, 0.5) is 13.2 Å². The van der Waals surface area contributed by atoms with Gasteiger partial charge in [-0.05, 0) is 36.4 Å². The Morgan fingerprint density at radius 3 is 2.45 bits per heavy atom. The summed E-state index contributed by atoms with van der Waals surface area (Å²) >= 11 is 0. The van der Waals surface area contributed by atoms with Crippen LogP contribution in [-0.2, 0) is 6.61 Å². The maximum absolute atomic E-state index is 12.2. The Bertz CT molecular complexity index is 1000. The van der Waals surface area contributed by atoms with Crippen LogP contribution >= 0.6 is 0 Å². The molecule has 0 saturated heterocycles. The Morgan fingerprint density at radius 2 is 1.83 bits per heavy atom. The zero-order chi connectivity index (χ0) is 21.0. The molecule has 0 spiro atoms. The molecule has 0 aliphatic carbocycles. The monoisotopic (exact) mass is 409 g/mol. The summed E-state index contributed by atoms with van der Waals surface area (Å²) in [7, 11) is 1.35. The minimum atomic E-state index is -4.76. The number of nitrogens with zero attached hydrogens (tertiary/aromatic N) is 2. The molecule has 1 heterocycles. The lowest BCUT2D eigenvalue weighted by atomic mass is 10.2. The van der Waals surface area contributed by atoms with E-state index in [4.69, 9.17) is 14.6 Å². The highest BCUT2D eigenvalue weighted by atomic mass is 19.4. The topological polar surface area (TPSA) is 107 Å². The van der Waals surface area contributed by atoms with Crippen molar-refractivity contribution >= 4 is 5.97 Å². The summed E-state index contributed by atoms with van der Waals surface area (Å²) in [5.74, 6) is -0.349. The summed E-state index contributed by atoms with van der Waals surface area (Å²) in [4.78, 5) is 15.3. The lowest BCUT2D eigenvalue weighted by molar-refractivity contribution is -0.274. The number of benzene rings is 2. The molecule has 0 saturated carbocycles. The van der Waals surface area contributed by atoms with Crippen LogP contribution in [0.2, 0.25) is 0 Å². The third kappa shape index (κ3) is 5.15.